The maximum absolute atomic E-state index is 6.34. The first-order valence-corrected chi connectivity index (χ1v) is 6.94. The molecule has 3 rings (SSSR count). The number of nitrogens with one attached hydrogen (secondary N) is 1. The fourth-order valence-corrected chi connectivity index (χ4v) is 2.80. The molecular formula is C17H15ClN2. The molecule has 1 aromatic heterocycles. The highest BCUT2D eigenvalue weighted by Gasteiger charge is 2.17. The summed E-state index contributed by atoms with van der Waals surface area (Å²) in [7, 11) is 1.95. The first-order chi connectivity index (χ1) is 9.81. The van der Waals surface area contributed by atoms with Crippen molar-refractivity contribution in [1.82, 2.24) is 10.3 Å². The molecule has 1 unspecified atom stereocenters. The second kappa shape index (κ2) is 5.61. The van der Waals surface area contributed by atoms with Crippen LogP contribution in [-0.2, 0) is 0 Å². The van der Waals surface area contributed by atoms with Crippen LogP contribution in [0.15, 0.2) is 60.8 Å². The molecule has 0 fully saturated rings. The summed E-state index contributed by atoms with van der Waals surface area (Å²) in [4.78, 5) is 4.41. The molecule has 0 aliphatic rings. The third kappa shape index (κ3) is 2.28. The number of nitrogens with zero attached hydrogens (tertiary/aromatic N) is 1. The van der Waals surface area contributed by atoms with E-state index in [9.17, 15) is 0 Å². The van der Waals surface area contributed by atoms with Crippen molar-refractivity contribution in [2.24, 2.45) is 0 Å². The summed E-state index contributed by atoms with van der Waals surface area (Å²) in [6.07, 6.45) is 1.85. The van der Waals surface area contributed by atoms with Gasteiger partial charge in [-0.05, 0) is 36.4 Å². The van der Waals surface area contributed by atoms with E-state index in [0.717, 1.165) is 21.5 Å². The fraction of sp³-hybridized carbons (Fsp3) is 0.118. The highest BCUT2D eigenvalue weighted by molar-refractivity contribution is 6.31. The van der Waals surface area contributed by atoms with E-state index in [1.807, 2.05) is 55.7 Å². The van der Waals surface area contributed by atoms with Crippen LogP contribution in [0.2, 0.25) is 5.02 Å². The van der Waals surface area contributed by atoms with Gasteiger partial charge in [0.05, 0.1) is 11.6 Å². The molecule has 0 amide bonds. The van der Waals surface area contributed by atoms with Crippen molar-refractivity contribution < 1.29 is 0 Å². The minimum Gasteiger partial charge on any atom is -0.309 e. The molecule has 0 saturated heterocycles. The highest BCUT2D eigenvalue weighted by atomic mass is 35.5. The van der Waals surface area contributed by atoms with Gasteiger partial charge in [-0.3, -0.25) is 4.98 Å². The van der Waals surface area contributed by atoms with Gasteiger partial charge in [0, 0.05) is 16.6 Å². The Balaban J connectivity index is 2.20. The summed E-state index contributed by atoms with van der Waals surface area (Å²) < 4.78 is 0. The Bertz CT molecular complexity index is 734. The largest absolute Gasteiger partial charge is 0.309 e. The zero-order chi connectivity index (χ0) is 13.9. The molecule has 0 radical (unpaired) electrons. The van der Waals surface area contributed by atoms with E-state index in [4.69, 9.17) is 11.6 Å². The molecule has 3 aromatic rings. The van der Waals surface area contributed by atoms with Crippen LogP contribution in [0.1, 0.15) is 17.2 Å². The minimum absolute atomic E-state index is 0.0524. The molecule has 1 heterocycles. The second-order valence-electron chi connectivity index (χ2n) is 4.66. The van der Waals surface area contributed by atoms with Crippen molar-refractivity contribution in [1.29, 1.82) is 0 Å². The SMILES string of the molecule is CNC(c1ccccc1Cl)c1ccnc2ccccc12. The lowest BCUT2D eigenvalue weighted by atomic mass is 9.96. The van der Waals surface area contributed by atoms with Crippen molar-refractivity contribution in [3.63, 3.8) is 0 Å². The van der Waals surface area contributed by atoms with Gasteiger partial charge >= 0.3 is 0 Å². The van der Waals surface area contributed by atoms with Crippen molar-refractivity contribution in [3.05, 3.63) is 76.9 Å². The molecule has 0 aliphatic carbocycles. The third-order valence-electron chi connectivity index (χ3n) is 3.50. The average molecular weight is 283 g/mol. The Morgan fingerprint density at radius 3 is 2.50 bits per heavy atom. The Morgan fingerprint density at radius 1 is 0.950 bits per heavy atom. The topological polar surface area (TPSA) is 24.9 Å². The quantitative estimate of drug-likeness (QED) is 0.779. The van der Waals surface area contributed by atoms with E-state index in [1.165, 1.54) is 5.56 Å². The maximum Gasteiger partial charge on any atom is 0.0705 e. The lowest BCUT2D eigenvalue weighted by Crippen LogP contribution is -2.18. The van der Waals surface area contributed by atoms with E-state index in [-0.39, 0.29) is 6.04 Å². The number of para-hydroxylation sites is 1. The summed E-state index contributed by atoms with van der Waals surface area (Å²) in [5.74, 6) is 0. The zero-order valence-corrected chi connectivity index (χ0v) is 11.9. The first-order valence-electron chi connectivity index (χ1n) is 6.56. The van der Waals surface area contributed by atoms with Gasteiger partial charge in [0.15, 0.2) is 0 Å². The summed E-state index contributed by atoms with van der Waals surface area (Å²) >= 11 is 6.34. The molecule has 1 atom stereocenters. The molecular weight excluding hydrogens is 268 g/mol. The average Bonchev–Trinajstić information content (AvgIpc) is 2.50. The Hall–Kier alpha value is -1.90. The molecule has 0 spiro atoms. The predicted molar refractivity (Wildman–Crippen MR) is 84.1 cm³/mol. The van der Waals surface area contributed by atoms with Gasteiger partial charge in [0.1, 0.15) is 0 Å². The maximum atomic E-state index is 6.34. The fourth-order valence-electron chi connectivity index (χ4n) is 2.56. The third-order valence-corrected chi connectivity index (χ3v) is 3.84. The van der Waals surface area contributed by atoms with Gasteiger partial charge in [-0.2, -0.15) is 0 Å². The summed E-state index contributed by atoms with van der Waals surface area (Å²) in [5, 5.41) is 5.27. The van der Waals surface area contributed by atoms with Crippen LogP contribution < -0.4 is 5.32 Å². The molecule has 0 bridgehead atoms. The van der Waals surface area contributed by atoms with Gasteiger partial charge in [0.2, 0.25) is 0 Å². The van der Waals surface area contributed by atoms with Crippen LogP contribution >= 0.6 is 11.6 Å². The van der Waals surface area contributed by atoms with Crippen molar-refractivity contribution in [3.8, 4) is 0 Å². The molecule has 1 N–H and O–H groups in total. The smallest absolute Gasteiger partial charge is 0.0705 e. The van der Waals surface area contributed by atoms with E-state index in [1.54, 1.807) is 0 Å². The molecule has 0 aliphatic heterocycles. The van der Waals surface area contributed by atoms with E-state index in [2.05, 4.69) is 22.4 Å². The normalized spacial score (nSPS) is 12.5. The second-order valence-corrected chi connectivity index (χ2v) is 5.07. The minimum atomic E-state index is 0.0524. The lowest BCUT2D eigenvalue weighted by Gasteiger charge is -2.20. The van der Waals surface area contributed by atoms with E-state index >= 15 is 0 Å². The first kappa shape index (κ1) is 13.1. The number of hydrogen-bond donors (Lipinski definition) is 1. The number of hydrogen-bond acceptors (Lipinski definition) is 2. The van der Waals surface area contributed by atoms with Crippen molar-refractivity contribution >= 4 is 22.5 Å². The number of rotatable bonds is 3. The monoisotopic (exact) mass is 282 g/mol. The van der Waals surface area contributed by atoms with Gasteiger partial charge in [-0.25, -0.2) is 0 Å². The van der Waals surface area contributed by atoms with Gasteiger partial charge < -0.3 is 5.32 Å². The van der Waals surface area contributed by atoms with Gasteiger partial charge in [0.25, 0.3) is 0 Å². The summed E-state index contributed by atoms with van der Waals surface area (Å²) in [6, 6.07) is 18.2. The van der Waals surface area contributed by atoms with Crippen LogP contribution in [0.3, 0.4) is 0 Å². The van der Waals surface area contributed by atoms with Crippen LogP contribution in [0.4, 0.5) is 0 Å². The van der Waals surface area contributed by atoms with Crippen LogP contribution in [0.5, 0.6) is 0 Å². The van der Waals surface area contributed by atoms with Crippen molar-refractivity contribution in [2.45, 2.75) is 6.04 Å². The Morgan fingerprint density at radius 2 is 1.70 bits per heavy atom. The molecule has 20 heavy (non-hydrogen) atoms. The molecule has 2 nitrogen and oxygen atoms in total. The lowest BCUT2D eigenvalue weighted by molar-refractivity contribution is 0.696. The molecule has 2 aromatic carbocycles. The summed E-state index contributed by atoms with van der Waals surface area (Å²) in [5.41, 5.74) is 3.26. The Labute approximate surface area is 123 Å². The molecule has 0 saturated carbocycles. The van der Waals surface area contributed by atoms with Crippen LogP contribution in [0.25, 0.3) is 10.9 Å². The van der Waals surface area contributed by atoms with Crippen LogP contribution in [-0.4, -0.2) is 12.0 Å². The number of fused-ring (bicyclic) bond motifs is 1. The Kier molecular flexibility index (Phi) is 3.68. The van der Waals surface area contributed by atoms with Crippen molar-refractivity contribution in [2.75, 3.05) is 7.05 Å². The number of benzene rings is 2. The zero-order valence-electron chi connectivity index (χ0n) is 11.2. The number of halogens is 1. The van der Waals surface area contributed by atoms with Gasteiger partial charge in [-0.1, -0.05) is 48.0 Å². The number of aromatic nitrogens is 1. The predicted octanol–water partition coefficient (Wildman–Crippen LogP) is 4.20. The molecule has 3 heteroatoms. The van der Waals surface area contributed by atoms with Gasteiger partial charge in [-0.15, -0.1) is 0 Å². The van der Waals surface area contributed by atoms with Crippen LogP contribution in [0, 0.1) is 0 Å². The number of pyridine rings is 1. The molecule has 100 valence electrons. The summed E-state index contributed by atoms with van der Waals surface area (Å²) in [6.45, 7) is 0. The van der Waals surface area contributed by atoms with E-state index < -0.39 is 0 Å². The highest BCUT2D eigenvalue weighted by Crippen LogP contribution is 2.31. The standard InChI is InChI=1S/C17H15ClN2/c1-19-17(14-7-2-4-8-15(14)18)13-10-11-20-16-9-5-3-6-12(13)16/h2-11,17,19H,1H3. The van der Waals surface area contributed by atoms with E-state index in [0.29, 0.717) is 0 Å².